The van der Waals surface area contributed by atoms with Gasteiger partial charge in [-0.2, -0.15) is 0 Å². The van der Waals surface area contributed by atoms with E-state index in [1.54, 1.807) is 36.4 Å². The molecule has 0 saturated heterocycles. The van der Waals surface area contributed by atoms with Crippen molar-refractivity contribution in [1.82, 2.24) is 4.98 Å². The van der Waals surface area contributed by atoms with E-state index in [0.717, 1.165) is 6.07 Å². The number of aromatic nitrogens is 1. The normalized spacial score (nSPS) is 10.3. The molecule has 120 valence electrons. The Hall–Kier alpha value is -3.54. The van der Waals surface area contributed by atoms with Gasteiger partial charge in [0.15, 0.2) is 11.4 Å². The van der Waals surface area contributed by atoms with Gasteiger partial charge in [-0.15, -0.1) is 0 Å². The number of aromatic hydroxyl groups is 1. The highest BCUT2D eigenvalue weighted by Gasteiger charge is 2.15. The first-order valence-corrected chi connectivity index (χ1v) is 7.07. The first-order chi connectivity index (χ1) is 11.5. The number of rotatable bonds is 4. The van der Waals surface area contributed by atoms with Crippen molar-refractivity contribution in [3.63, 3.8) is 0 Å². The highest BCUT2D eigenvalue weighted by molar-refractivity contribution is 5.89. The van der Waals surface area contributed by atoms with Crippen molar-refractivity contribution in [2.24, 2.45) is 0 Å². The molecule has 3 rings (SSSR count). The molecular weight excluding hydrogens is 310 g/mol. The summed E-state index contributed by atoms with van der Waals surface area (Å²) < 4.78 is 5.71. The molecular formula is C18H13NO5. The molecule has 1 heterocycles. The van der Waals surface area contributed by atoms with Crippen LogP contribution < -0.4 is 10.2 Å². The molecule has 0 aliphatic carbocycles. The van der Waals surface area contributed by atoms with Crippen LogP contribution in [0, 0.1) is 0 Å². The van der Waals surface area contributed by atoms with E-state index in [9.17, 15) is 14.7 Å². The number of benzene rings is 2. The number of carboxylic acid groups (broad SMARTS) is 1. The molecule has 0 aliphatic heterocycles. The fourth-order valence-corrected chi connectivity index (χ4v) is 2.21. The summed E-state index contributed by atoms with van der Waals surface area (Å²) in [6.45, 7) is 0. The van der Waals surface area contributed by atoms with Gasteiger partial charge in [-0.1, -0.05) is 30.3 Å². The van der Waals surface area contributed by atoms with Gasteiger partial charge in [0.05, 0.1) is 5.69 Å². The molecule has 0 unspecified atom stereocenters. The summed E-state index contributed by atoms with van der Waals surface area (Å²) in [5.41, 5.74) is -0.487. The van der Waals surface area contributed by atoms with Gasteiger partial charge in [-0.3, -0.25) is 4.79 Å². The minimum atomic E-state index is -1.41. The van der Waals surface area contributed by atoms with Gasteiger partial charge in [0.2, 0.25) is 5.43 Å². The van der Waals surface area contributed by atoms with Crippen LogP contribution in [0.25, 0.3) is 11.3 Å². The number of H-pyrrole nitrogens is 1. The topological polar surface area (TPSA) is 99.6 Å². The molecule has 6 nitrogen and oxygen atoms in total. The number of ether oxygens (including phenoxy) is 1. The lowest BCUT2D eigenvalue weighted by atomic mass is 10.1. The minimum absolute atomic E-state index is 0.272. The Bertz CT molecular complexity index is 947. The van der Waals surface area contributed by atoms with Crippen LogP contribution in [0.1, 0.15) is 10.5 Å². The molecule has 0 bridgehead atoms. The van der Waals surface area contributed by atoms with Crippen LogP contribution >= 0.6 is 0 Å². The zero-order valence-corrected chi connectivity index (χ0v) is 12.4. The van der Waals surface area contributed by atoms with Gasteiger partial charge in [-0.25, -0.2) is 4.79 Å². The number of nitrogens with one attached hydrogen (secondary N) is 1. The summed E-state index contributed by atoms with van der Waals surface area (Å²) >= 11 is 0. The van der Waals surface area contributed by atoms with E-state index in [-0.39, 0.29) is 5.69 Å². The number of aromatic amines is 1. The van der Waals surface area contributed by atoms with Gasteiger partial charge in [0.1, 0.15) is 11.5 Å². The lowest BCUT2D eigenvalue weighted by Crippen LogP contribution is -2.10. The fourth-order valence-electron chi connectivity index (χ4n) is 2.21. The van der Waals surface area contributed by atoms with E-state index in [0.29, 0.717) is 17.1 Å². The van der Waals surface area contributed by atoms with Crippen molar-refractivity contribution in [3.05, 3.63) is 76.6 Å². The second-order valence-corrected chi connectivity index (χ2v) is 5.02. The highest BCUT2D eigenvalue weighted by Crippen LogP contribution is 2.26. The Balaban J connectivity index is 2.00. The molecule has 3 aromatic rings. The third-order valence-corrected chi connectivity index (χ3v) is 3.34. The Morgan fingerprint density at radius 2 is 1.67 bits per heavy atom. The second kappa shape index (κ2) is 6.29. The molecule has 1 aromatic heterocycles. The third-order valence-electron chi connectivity index (χ3n) is 3.34. The van der Waals surface area contributed by atoms with E-state index in [2.05, 4.69) is 4.98 Å². The average Bonchev–Trinajstić information content (AvgIpc) is 2.58. The Labute approximate surface area is 136 Å². The Morgan fingerprint density at radius 3 is 2.38 bits per heavy atom. The summed E-state index contributed by atoms with van der Waals surface area (Å²) in [6.07, 6.45) is 0. The molecule has 24 heavy (non-hydrogen) atoms. The van der Waals surface area contributed by atoms with E-state index in [1.807, 2.05) is 18.2 Å². The number of aromatic carboxylic acids is 1. The largest absolute Gasteiger partial charge is 0.502 e. The van der Waals surface area contributed by atoms with E-state index in [4.69, 9.17) is 9.84 Å². The van der Waals surface area contributed by atoms with Crippen LogP contribution in [0.2, 0.25) is 0 Å². The number of carbonyl (C=O) groups is 1. The smallest absolute Gasteiger partial charge is 0.356 e. The lowest BCUT2D eigenvalue weighted by molar-refractivity contribution is 0.0687. The summed E-state index contributed by atoms with van der Waals surface area (Å²) in [6, 6.07) is 17.1. The van der Waals surface area contributed by atoms with Crippen LogP contribution in [-0.4, -0.2) is 21.2 Å². The molecule has 0 aliphatic rings. The molecule has 2 aromatic carbocycles. The van der Waals surface area contributed by atoms with Crippen LogP contribution in [0.15, 0.2) is 65.5 Å². The monoisotopic (exact) mass is 323 g/mol. The number of para-hydroxylation sites is 1. The molecule has 0 amide bonds. The van der Waals surface area contributed by atoms with Gasteiger partial charge in [-0.05, 0) is 24.3 Å². The van der Waals surface area contributed by atoms with Gasteiger partial charge >= 0.3 is 5.97 Å². The zero-order valence-electron chi connectivity index (χ0n) is 12.4. The molecule has 0 saturated carbocycles. The van der Waals surface area contributed by atoms with Crippen molar-refractivity contribution in [2.75, 3.05) is 0 Å². The van der Waals surface area contributed by atoms with Crippen LogP contribution in [0.3, 0.4) is 0 Å². The number of carboxylic acids is 1. The van der Waals surface area contributed by atoms with Crippen molar-refractivity contribution in [2.45, 2.75) is 0 Å². The first kappa shape index (κ1) is 15.4. The van der Waals surface area contributed by atoms with Gasteiger partial charge in [0, 0.05) is 11.6 Å². The van der Waals surface area contributed by atoms with Crippen molar-refractivity contribution in [1.29, 1.82) is 0 Å². The lowest BCUT2D eigenvalue weighted by Gasteiger charge is -2.09. The van der Waals surface area contributed by atoms with Crippen LogP contribution in [-0.2, 0) is 0 Å². The number of pyridine rings is 1. The molecule has 0 atom stereocenters. The van der Waals surface area contributed by atoms with E-state index in [1.165, 1.54) is 0 Å². The Morgan fingerprint density at radius 1 is 0.958 bits per heavy atom. The van der Waals surface area contributed by atoms with Crippen molar-refractivity contribution >= 4 is 5.97 Å². The molecule has 6 heteroatoms. The molecule has 3 N–H and O–H groups in total. The maximum absolute atomic E-state index is 11.7. The first-order valence-electron chi connectivity index (χ1n) is 7.07. The second-order valence-electron chi connectivity index (χ2n) is 5.02. The van der Waals surface area contributed by atoms with Crippen molar-refractivity contribution in [3.8, 4) is 28.5 Å². The molecule has 0 radical (unpaired) electrons. The maximum atomic E-state index is 11.7. The number of hydrogen-bond donors (Lipinski definition) is 3. The zero-order chi connectivity index (χ0) is 17.1. The SMILES string of the molecule is O=C(O)c1[nH]c(-c2cccc(Oc3ccccc3)c2)cc(=O)c1O. The molecule has 0 fully saturated rings. The van der Waals surface area contributed by atoms with E-state index >= 15 is 0 Å². The summed E-state index contributed by atoms with van der Waals surface area (Å²) in [4.78, 5) is 25.4. The quantitative estimate of drug-likeness (QED) is 0.684. The average molecular weight is 323 g/mol. The third kappa shape index (κ3) is 3.12. The van der Waals surface area contributed by atoms with Gasteiger partial charge < -0.3 is 19.9 Å². The maximum Gasteiger partial charge on any atom is 0.356 e. The Kier molecular flexibility index (Phi) is 4.03. The predicted molar refractivity (Wildman–Crippen MR) is 87.6 cm³/mol. The summed E-state index contributed by atoms with van der Waals surface area (Å²) in [5, 5.41) is 18.6. The minimum Gasteiger partial charge on any atom is -0.502 e. The molecule has 0 spiro atoms. The number of hydrogen-bond acceptors (Lipinski definition) is 4. The van der Waals surface area contributed by atoms with Crippen LogP contribution in [0.4, 0.5) is 0 Å². The fraction of sp³-hybridized carbons (Fsp3) is 0. The highest BCUT2D eigenvalue weighted by atomic mass is 16.5. The van der Waals surface area contributed by atoms with E-state index < -0.39 is 22.8 Å². The predicted octanol–water partition coefficient (Wildman–Crippen LogP) is 3.24. The van der Waals surface area contributed by atoms with Crippen molar-refractivity contribution < 1.29 is 19.7 Å². The standard InChI is InChI=1S/C18H13NO5/c20-15-10-14(19-16(17(15)21)18(22)23)11-5-4-8-13(9-11)24-12-6-2-1-3-7-12/h1-10,21H,(H,19,20)(H,22,23). The summed E-state index contributed by atoms with van der Waals surface area (Å²) in [5.74, 6) is -1.05. The van der Waals surface area contributed by atoms with Crippen LogP contribution in [0.5, 0.6) is 17.2 Å². The van der Waals surface area contributed by atoms with Gasteiger partial charge in [0.25, 0.3) is 0 Å². The summed E-state index contributed by atoms with van der Waals surface area (Å²) in [7, 11) is 0.